The highest BCUT2D eigenvalue weighted by molar-refractivity contribution is 5.91. The number of alkyl halides is 3. The smallest absolute Gasteiger partial charge is 0.398 e. The lowest BCUT2D eigenvalue weighted by Crippen LogP contribution is -2.15. The van der Waals surface area contributed by atoms with Gasteiger partial charge in [0, 0.05) is 17.8 Å². The van der Waals surface area contributed by atoms with Crippen LogP contribution in [0.1, 0.15) is 25.8 Å². The molecule has 1 amide bonds. The minimum Gasteiger partial charge on any atom is -0.398 e. The van der Waals surface area contributed by atoms with Crippen LogP contribution in [0.15, 0.2) is 18.2 Å². The second-order valence-corrected chi connectivity index (χ2v) is 4.45. The molecule has 0 spiro atoms. The molecule has 1 aromatic carbocycles. The van der Waals surface area contributed by atoms with Crippen LogP contribution in [0.25, 0.3) is 0 Å². The number of hydrogen-bond donors (Lipinski definition) is 2. The Labute approximate surface area is 103 Å². The van der Waals surface area contributed by atoms with Gasteiger partial charge >= 0.3 is 6.18 Å². The van der Waals surface area contributed by atoms with Crippen molar-refractivity contribution in [3.05, 3.63) is 23.8 Å². The van der Waals surface area contributed by atoms with Crippen LogP contribution in [0.2, 0.25) is 0 Å². The van der Waals surface area contributed by atoms with E-state index in [1.807, 2.05) is 13.8 Å². The summed E-state index contributed by atoms with van der Waals surface area (Å²) in [5.74, 6) is -0.177. The Hall–Kier alpha value is -1.72. The lowest BCUT2D eigenvalue weighted by molar-refractivity contribution is -0.136. The average Bonchev–Trinajstić information content (AvgIpc) is 2.17. The number of nitrogen functional groups attached to an aromatic ring is 1. The van der Waals surface area contributed by atoms with Crippen LogP contribution in [-0.4, -0.2) is 5.91 Å². The molecule has 0 aliphatic carbocycles. The molecule has 0 radical (unpaired) electrons. The Bertz CT molecular complexity index is 441. The summed E-state index contributed by atoms with van der Waals surface area (Å²) in [6.07, 6.45) is -4.27. The first-order valence-electron chi connectivity index (χ1n) is 5.46. The van der Waals surface area contributed by atoms with Gasteiger partial charge in [0.2, 0.25) is 5.91 Å². The van der Waals surface area contributed by atoms with E-state index < -0.39 is 11.7 Å². The third kappa shape index (κ3) is 3.94. The third-order valence-corrected chi connectivity index (χ3v) is 2.24. The lowest BCUT2D eigenvalue weighted by atomic mass is 10.1. The molecule has 0 unspecified atom stereocenters. The first-order valence-corrected chi connectivity index (χ1v) is 5.46. The van der Waals surface area contributed by atoms with Crippen molar-refractivity contribution in [2.45, 2.75) is 26.4 Å². The van der Waals surface area contributed by atoms with Gasteiger partial charge in [0.1, 0.15) is 0 Å². The summed E-state index contributed by atoms with van der Waals surface area (Å²) >= 11 is 0. The van der Waals surface area contributed by atoms with Gasteiger partial charge in [0.25, 0.3) is 0 Å². The molecular weight excluding hydrogens is 245 g/mol. The highest BCUT2D eigenvalue weighted by Crippen LogP contribution is 2.35. The van der Waals surface area contributed by atoms with Crippen LogP contribution >= 0.6 is 0 Å². The van der Waals surface area contributed by atoms with Crippen molar-refractivity contribution in [1.82, 2.24) is 0 Å². The fraction of sp³-hybridized carbons (Fsp3) is 0.417. The summed E-state index contributed by atoms with van der Waals surface area (Å²) in [6.45, 7) is 3.70. The maximum atomic E-state index is 12.6. The molecule has 0 saturated heterocycles. The van der Waals surface area contributed by atoms with Gasteiger partial charge in [-0.2, -0.15) is 13.2 Å². The van der Waals surface area contributed by atoms with Crippen LogP contribution in [0, 0.1) is 5.92 Å². The predicted molar refractivity (Wildman–Crippen MR) is 63.9 cm³/mol. The molecule has 0 aliphatic rings. The van der Waals surface area contributed by atoms with E-state index in [2.05, 4.69) is 5.32 Å². The standard InChI is InChI=1S/C12H15F3N2O/c1-7(2)5-11(18)17-8-3-4-10(16)9(6-8)12(13,14)15/h3-4,6-7H,5,16H2,1-2H3,(H,17,18). The Kier molecular flexibility index (Phi) is 4.21. The van der Waals surface area contributed by atoms with Crippen molar-refractivity contribution in [2.24, 2.45) is 5.92 Å². The van der Waals surface area contributed by atoms with Gasteiger partial charge in [-0.3, -0.25) is 4.79 Å². The number of nitrogens with two attached hydrogens (primary N) is 1. The molecular formula is C12H15F3N2O. The molecule has 0 bridgehead atoms. The first kappa shape index (κ1) is 14.3. The first-order chi connectivity index (χ1) is 8.20. The molecule has 3 nitrogen and oxygen atoms in total. The van der Waals surface area contributed by atoms with Gasteiger partial charge in [0.05, 0.1) is 5.56 Å². The van der Waals surface area contributed by atoms with Gasteiger partial charge in [0.15, 0.2) is 0 Å². The number of carbonyl (C=O) groups is 1. The van der Waals surface area contributed by atoms with Crippen molar-refractivity contribution in [3.63, 3.8) is 0 Å². The van der Waals surface area contributed by atoms with Gasteiger partial charge in [-0.15, -0.1) is 0 Å². The molecule has 1 rings (SSSR count). The van der Waals surface area contributed by atoms with Crippen LogP contribution in [-0.2, 0) is 11.0 Å². The number of rotatable bonds is 3. The van der Waals surface area contributed by atoms with E-state index in [-0.39, 0.29) is 29.6 Å². The van der Waals surface area contributed by atoms with Gasteiger partial charge in [-0.1, -0.05) is 13.8 Å². The number of benzene rings is 1. The van der Waals surface area contributed by atoms with E-state index in [1.165, 1.54) is 6.07 Å². The van der Waals surface area contributed by atoms with Crippen molar-refractivity contribution in [2.75, 3.05) is 11.1 Å². The summed E-state index contributed by atoms with van der Waals surface area (Å²) < 4.78 is 37.8. The molecule has 6 heteroatoms. The summed E-state index contributed by atoms with van der Waals surface area (Å²) in [5, 5.41) is 2.42. The predicted octanol–water partition coefficient (Wildman–Crippen LogP) is 3.27. The molecule has 18 heavy (non-hydrogen) atoms. The van der Waals surface area contributed by atoms with Crippen LogP contribution in [0.5, 0.6) is 0 Å². The molecule has 0 heterocycles. The number of hydrogen-bond acceptors (Lipinski definition) is 2. The van der Waals surface area contributed by atoms with Gasteiger partial charge in [-0.25, -0.2) is 0 Å². The highest BCUT2D eigenvalue weighted by atomic mass is 19.4. The largest absolute Gasteiger partial charge is 0.418 e. The maximum absolute atomic E-state index is 12.6. The summed E-state index contributed by atoms with van der Waals surface area (Å²) in [7, 11) is 0. The SMILES string of the molecule is CC(C)CC(=O)Nc1ccc(N)c(C(F)(F)F)c1. The zero-order valence-corrected chi connectivity index (χ0v) is 10.1. The van der Waals surface area contributed by atoms with E-state index in [4.69, 9.17) is 5.73 Å². The number of amides is 1. The Morgan fingerprint density at radius 3 is 2.50 bits per heavy atom. The highest BCUT2D eigenvalue weighted by Gasteiger charge is 2.33. The summed E-state index contributed by atoms with van der Waals surface area (Å²) in [6, 6.07) is 3.32. The van der Waals surface area contributed by atoms with Crippen LogP contribution < -0.4 is 11.1 Å². The number of carbonyl (C=O) groups excluding carboxylic acids is 1. The zero-order chi connectivity index (χ0) is 13.9. The fourth-order valence-corrected chi connectivity index (χ4v) is 1.46. The lowest BCUT2D eigenvalue weighted by Gasteiger charge is -2.13. The van der Waals surface area contributed by atoms with Crippen LogP contribution in [0.4, 0.5) is 24.5 Å². The minimum atomic E-state index is -4.52. The topological polar surface area (TPSA) is 55.1 Å². The Balaban J connectivity index is 2.89. The number of anilines is 2. The monoisotopic (exact) mass is 260 g/mol. The van der Waals surface area contributed by atoms with Crippen LogP contribution in [0.3, 0.4) is 0 Å². The van der Waals surface area contributed by atoms with E-state index in [9.17, 15) is 18.0 Å². The summed E-state index contributed by atoms with van der Waals surface area (Å²) in [5.41, 5.74) is 4.06. The second-order valence-electron chi connectivity index (χ2n) is 4.45. The van der Waals surface area contributed by atoms with Crippen molar-refractivity contribution >= 4 is 17.3 Å². The second kappa shape index (κ2) is 5.29. The molecule has 0 aliphatic heterocycles. The van der Waals surface area contributed by atoms with E-state index in [1.54, 1.807) is 0 Å². The fourth-order valence-electron chi connectivity index (χ4n) is 1.46. The summed E-state index contributed by atoms with van der Waals surface area (Å²) in [4.78, 5) is 11.4. The number of nitrogens with one attached hydrogen (secondary N) is 1. The molecule has 1 aromatic rings. The zero-order valence-electron chi connectivity index (χ0n) is 10.1. The Morgan fingerprint density at radius 1 is 1.39 bits per heavy atom. The molecule has 0 fully saturated rings. The maximum Gasteiger partial charge on any atom is 0.418 e. The molecule has 100 valence electrons. The van der Waals surface area contributed by atoms with E-state index in [0.717, 1.165) is 12.1 Å². The average molecular weight is 260 g/mol. The van der Waals surface area contributed by atoms with E-state index >= 15 is 0 Å². The van der Waals surface area contributed by atoms with Gasteiger partial charge in [-0.05, 0) is 24.1 Å². The van der Waals surface area contributed by atoms with E-state index in [0.29, 0.717) is 0 Å². The molecule has 0 atom stereocenters. The minimum absolute atomic E-state index is 0.0992. The van der Waals surface area contributed by atoms with Crippen molar-refractivity contribution < 1.29 is 18.0 Å². The van der Waals surface area contributed by atoms with Gasteiger partial charge < -0.3 is 11.1 Å². The molecule has 3 N–H and O–H groups in total. The number of halogens is 3. The van der Waals surface area contributed by atoms with Crippen molar-refractivity contribution in [3.8, 4) is 0 Å². The van der Waals surface area contributed by atoms with Crippen molar-refractivity contribution in [1.29, 1.82) is 0 Å². The quantitative estimate of drug-likeness (QED) is 0.819. The molecule has 0 saturated carbocycles. The molecule has 0 aromatic heterocycles. The Morgan fingerprint density at radius 2 is 2.00 bits per heavy atom. The normalized spacial score (nSPS) is 11.7. The third-order valence-electron chi connectivity index (χ3n) is 2.24.